The van der Waals surface area contributed by atoms with E-state index in [1.807, 2.05) is 24.7 Å². The number of hydrogen-bond acceptors (Lipinski definition) is 4. The van der Waals surface area contributed by atoms with E-state index in [0.29, 0.717) is 25.9 Å². The normalized spacial score (nSPS) is 11.6. The van der Waals surface area contributed by atoms with Crippen LogP contribution in [0.5, 0.6) is 0 Å². The first-order chi connectivity index (χ1) is 8.09. The van der Waals surface area contributed by atoms with Gasteiger partial charge in [-0.2, -0.15) is 0 Å². The monoisotopic (exact) mass is 241 g/mol. The van der Waals surface area contributed by atoms with Crippen molar-refractivity contribution in [2.45, 2.75) is 46.3 Å². The highest BCUT2D eigenvalue weighted by Gasteiger charge is 2.03. The summed E-state index contributed by atoms with van der Waals surface area (Å²) in [4.78, 5) is 0. The standard InChI is InChI=1S/C12H23N3O2/c1-10(2)15-9-12(13-14-15)5-6-16-7-8-17-11(3)4/h9-11H,5-8H2,1-4H3. The van der Waals surface area contributed by atoms with E-state index >= 15 is 0 Å². The Bertz CT molecular complexity index is 310. The maximum Gasteiger partial charge on any atom is 0.0850 e. The van der Waals surface area contributed by atoms with E-state index in [1.54, 1.807) is 0 Å². The van der Waals surface area contributed by atoms with E-state index in [9.17, 15) is 0 Å². The second-order valence-corrected chi connectivity index (χ2v) is 4.57. The minimum absolute atomic E-state index is 0.268. The molecule has 0 amide bonds. The maximum absolute atomic E-state index is 5.46. The van der Waals surface area contributed by atoms with Crippen molar-refractivity contribution < 1.29 is 9.47 Å². The van der Waals surface area contributed by atoms with Gasteiger partial charge in [-0.15, -0.1) is 5.10 Å². The van der Waals surface area contributed by atoms with Gasteiger partial charge in [-0.05, 0) is 27.7 Å². The van der Waals surface area contributed by atoms with Crippen LogP contribution in [0.2, 0.25) is 0 Å². The molecule has 0 atom stereocenters. The second-order valence-electron chi connectivity index (χ2n) is 4.57. The van der Waals surface area contributed by atoms with E-state index in [0.717, 1.165) is 12.1 Å². The summed E-state index contributed by atoms with van der Waals surface area (Å²) in [6, 6.07) is 0.358. The zero-order chi connectivity index (χ0) is 12.7. The average Bonchev–Trinajstić information content (AvgIpc) is 2.71. The lowest BCUT2D eigenvalue weighted by Crippen LogP contribution is -2.10. The molecule has 0 aliphatic heterocycles. The van der Waals surface area contributed by atoms with Crippen LogP contribution in [0.1, 0.15) is 39.4 Å². The van der Waals surface area contributed by atoms with Gasteiger partial charge >= 0.3 is 0 Å². The van der Waals surface area contributed by atoms with E-state index in [4.69, 9.17) is 9.47 Å². The highest BCUT2D eigenvalue weighted by molar-refractivity contribution is 4.92. The van der Waals surface area contributed by atoms with Crippen LogP contribution in [-0.4, -0.2) is 40.9 Å². The number of nitrogens with zero attached hydrogens (tertiary/aromatic N) is 3. The van der Waals surface area contributed by atoms with Gasteiger partial charge in [0.1, 0.15) is 0 Å². The third-order valence-electron chi connectivity index (χ3n) is 2.27. The lowest BCUT2D eigenvalue weighted by Gasteiger charge is -2.07. The Labute approximate surface area is 103 Å². The quantitative estimate of drug-likeness (QED) is 0.652. The molecule has 5 heteroatoms. The summed E-state index contributed by atoms with van der Waals surface area (Å²) in [6.07, 6.45) is 3.04. The molecule has 0 saturated carbocycles. The van der Waals surface area contributed by atoms with Crippen LogP contribution in [0.15, 0.2) is 6.20 Å². The lowest BCUT2D eigenvalue weighted by atomic mass is 10.3. The largest absolute Gasteiger partial charge is 0.379 e. The van der Waals surface area contributed by atoms with Crippen LogP contribution in [-0.2, 0) is 15.9 Å². The van der Waals surface area contributed by atoms with Gasteiger partial charge in [0.15, 0.2) is 0 Å². The number of ether oxygens (including phenoxy) is 2. The molecule has 1 rings (SSSR count). The fraction of sp³-hybridized carbons (Fsp3) is 0.833. The molecule has 0 saturated heterocycles. The van der Waals surface area contributed by atoms with Crippen LogP contribution in [0.3, 0.4) is 0 Å². The van der Waals surface area contributed by atoms with Crippen molar-refractivity contribution in [3.63, 3.8) is 0 Å². The summed E-state index contributed by atoms with van der Waals surface area (Å²) in [5.74, 6) is 0. The molecule has 98 valence electrons. The third-order valence-corrected chi connectivity index (χ3v) is 2.27. The van der Waals surface area contributed by atoms with Crippen molar-refractivity contribution in [3.05, 3.63) is 11.9 Å². The fourth-order valence-electron chi connectivity index (χ4n) is 1.30. The van der Waals surface area contributed by atoms with Gasteiger partial charge in [0, 0.05) is 18.7 Å². The van der Waals surface area contributed by atoms with E-state index < -0.39 is 0 Å². The first kappa shape index (κ1) is 14.1. The van der Waals surface area contributed by atoms with E-state index in [-0.39, 0.29) is 6.10 Å². The predicted octanol–water partition coefficient (Wildman–Crippen LogP) is 1.84. The molecule has 0 unspecified atom stereocenters. The SMILES string of the molecule is CC(C)OCCOCCc1cn(C(C)C)nn1. The molecular formula is C12H23N3O2. The van der Waals surface area contributed by atoms with E-state index in [2.05, 4.69) is 24.2 Å². The molecule has 1 heterocycles. The van der Waals surface area contributed by atoms with Crippen LogP contribution in [0.4, 0.5) is 0 Å². The van der Waals surface area contributed by atoms with Crippen molar-refractivity contribution in [2.75, 3.05) is 19.8 Å². The van der Waals surface area contributed by atoms with Crippen molar-refractivity contribution in [1.82, 2.24) is 15.0 Å². The Morgan fingerprint density at radius 3 is 2.53 bits per heavy atom. The van der Waals surface area contributed by atoms with Crippen molar-refractivity contribution >= 4 is 0 Å². The van der Waals surface area contributed by atoms with Crippen molar-refractivity contribution in [2.24, 2.45) is 0 Å². The van der Waals surface area contributed by atoms with Crippen LogP contribution >= 0.6 is 0 Å². The number of hydrogen-bond donors (Lipinski definition) is 0. The Morgan fingerprint density at radius 2 is 1.94 bits per heavy atom. The summed E-state index contributed by atoms with van der Waals surface area (Å²) in [5, 5.41) is 8.13. The smallest absolute Gasteiger partial charge is 0.0850 e. The predicted molar refractivity (Wildman–Crippen MR) is 66.0 cm³/mol. The molecule has 0 N–H and O–H groups in total. The second kappa shape index (κ2) is 7.40. The Hall–Kier alpha value is -0.940. The van der Waals surface area contributed by atoms with Gasteiger partial charge in [0.2, 0.25) is 0 Å². The molecular weight excluding hydrogens is 218 g/mol. The van der Waals surface area contributed by atoms with Gasteiger partial charge in [0.05, 0.1) is 31.6 Å². The molecule has 0 radical (unpaired) electrons. The van der Waals surface area contributed by atoms with Gasteiger partial charge in [-0.25, -0.2) is 4.68 Å². The van der Waals surface area contributed by atoms with Crippen molar-refractivity contribution in [1.29, 1.82) is 0 Å². The number of rotatable bonds is 8. The molecule has 0 aliphatic rings. The molecule has 1 aromatic heterocycles. The van der Waals surface area contributed by atoms with Gasteiger partial charge in [0.25, 0.3) is 0 Å². The topological polar surface area (TPSA) is 49.2 Å². The molecule has 0 aliphatic carbocycles. The summed E-state index contributed by atoms with van der Waals surface area (Å²) in [5.41, 5.74) is 0.975. The molecule has 0 fully saturated rings. The van der Waals surface area contributed by atoms with Gasteiger partial charge < -0.3 is 9.47 Å². The highest BCUT2D eigenvalue weighted by Crippen LogP contribution is 2.03. The molecule has 1 aromatic rings. The molecule has 0 bridgehead atoms. The maximum atomic E-state index is 5.46. The van der Waals surface area contributed by atoms with Crippen LogP contribution in [0, 0.1) is 0 Å². The number of aromatic nitrogens is 3. The average molecular weight is 241 g/mol. The van der Waals surface area contributed by atoms with E-state index in [1.165, 1.54) is 0 Å². The molecule has 17 heavy (non-hydrogen) atoms. The summed E-state index contributed by atoms with van der Waals surface area (Å²) in [6.45, 7) is 10.1. The highest BCUT2D eigenvalue weighted by atomic mass is 16.5. The molecule has 5 nitrogen and oxygen atoms in total. The Balaban J connectivity index is 2.09. The van der Waals surface area contributed by atoms with Crippen LogP contribution in [0.25, 0.3) is 0 Å². The summed E-state index contributed by atoms with van der Waals surface area (Å²) < 4.78 is 12.7. The Morgan fingerprint density at radius 1 is 1.18 bits per heavy atom. The first-order valence-corrected chi connectivity index (χ1v) is 6.19. The van der Waals surface area contributed by atoms with Gasteiger partial charge in [-0.3, -0.25) is 0 Å². The fourth-order valence-corrected chi connectivity index (χ4v) is 1.30. The van der Waals surface area contributed by atoms with Crippen molar-refractivity contribution in [3.8, 4) is 0 Å². The summed E-state index contributed by atoms with van der Waals surface area (Å²) >= 11 is 0. The summed E-state index contributed by atoms with van der Waals surface area (Å²) in [7, 11) is 0. The zero-order valence-corrected chi connectivity index (χ0v) is 11.2. The molecule has 0 aromatic carbocycles. The lowest BCUT2D eigenvalue weighted by molar-refractivity contribution is 0.0202. The zero-order valence-electron chi connectivity index (χ0n) is 11.2. The minimum Gasteiger partial charge on any atom is -0.379 e. The van der Waals surface area contributed by atoms with Crippen LogP contribution < -0.4 is 0 Å². The third kappa shape index (κ3) is 5.79. The first-order valence-electron chi connectivity index (χ1n) is 6.19. The van der Waals surface area contributed by atoms with Gasteiger partial charge in [-0.1, -0.05) is 5.21 Å². The Kier molecular flexibility index (Phi) is 6.15. The minimum atomic E-state index is 0.268. The molecule has 0 spiro atoms.